The number of hydrogen-bond donors (Lipinski definition) is 1. The molecular formula is C35H39N3O5S. The van der Waals surface area contributed by atoms with E-state index in [4.69, 9.17) is 4.74 Å². The number of carbonyl (C=O) groups is 2. The lowest BCUT2D eigenvalue weighted by molar-refractivity contribution is -0.139. The second-order valence-corrected chi connectivity index (χ2v) is 12.4. The molecule has 0 aliphatic heterocycles. The predicted octanol–water partition coefficient (Wildman–Crippen LogP) is 5.28. The summed E-state index contributed by atoms with van der Waals surface area (Å²) in [7, 11) is -2.66. The summed E-state index contributed by atoms with van der Waals surface area (Å²) < 4.78 is 34.9. The van der Waals surface area contributed by atoms with Gasteiger partial charge in [0, 0.05) is 20.0 Å². The summed E-state index contributed by atoms with van der Waals surface area (Å²) in [5.41, 5.74) is 4.00. The number of benzene rings is 4. The molecule has 0 fully saturated rings. The average Bonchev–Trinajstić information content (AvgIpc) is 3.02. The van der Waals surface area contributed by atoms with Gasteiger partial charge in [0.1, 0.15) is 18.3 Å². The van der Waals surface area contributed by atoms with Gasteiger partial charge in [0.15, 0.2) is 0 Å². The molecule has 0 bridgehead atoms. The molecule has 230 valence electrons. The molecule has 0 aromatic heterocycles. The molecule has 0 aliphatic rings. The van der Waals surface area contributed by atoms with Crippen molar-refractivity contribution in [1.29, 1.82) is 0 Å². The van der Waals surface area contributed by atoms with Gasteiger partial charge in [-0.25, -0.2) is 8.42 Å². The zero-order chi connectivity index (χ0) is 31.7. The predicted molar refractivity (Wildman–Crippen MR) is 173 cm³/mol. The zero-order valence-electron chi connectivity index (χ0n) is 25.6. The van der Waals surface area contributed by atoms with Gasteiger partial charge in [-0.3, -0.25) is 13.9 Å². The van der Waals surface area contributed by atoms with E-state index in [-0.39, 0.29) is 23.8 Å². The van der Waals surface area contributed by atoms with Gasteiger partial charge in [-0.2, -0.15) is 0 Å². The fraction of sp³-hybridized carbons (Fsp3) is 0.257. The molecule has 8 nitrogen and oxygen atoms in total. The van der Waals surface area contributed by atoms with Gasteiger partial charge in [-0.1, -0.05) is 77.9 Å². The quantitative estimate of drug-likeness (QED) is 0.221. The lowest BCUT2D eigenvalue weighted by Gasteiger charge is -2.33. The van der Waals surface area contributed by atoms with Gasteiger partial charge >= 0.3 is 0 Å². The van der Waals surface area contributed by atoms with Crippen LogP contribution in [0.5, 0.6) is 5.75 Å². The van der Waals surface area contributed by atoms with E-state index in [9.17, 15) is 18.0 Å². The van der Waals surface area contributed by atoms with Crippen LogP contribution in [0.15, 0.2) is 108 Å². The first-order valence-corrected chi connectivity index (χ1v) is 16.0. The monoisotopic (exact) mass is 613 g/mol. The van der Waals surface area contributed by atoms with Gasteiger partial charge in [-0.05, 0) is 68.3 Å². The number of amides is 2. The third kappa shape index (κ3) is 8.05. The van der Waals surface area contributed by atoms with E-state index in [0.29, 0.717) is 18.0 Å². The Bertz CT molecular complexity index is 1660. The van der Waals surface area contributed by atoms with Crippen molar-refractivity contribution in [3.05, 3.63) is 125 Å². The number of likely N-dealkylation sites (N-methyl/N-ethyl adjacent to an activating group) is 1. The number of rotatable bonds is 13. The van der Waals surface area contributed by atoms with Crippen LogP contribution in [0.4, 0.5) is 5.69 Å². The Morgan fingerprint density at radius 1 is 0.818 bits per heavy atom. The first kappa shape index (κ1) is 32.3. The molecule has 0 saturated heterocycles. The third-order valence-corrected chi connectivity index (χ3v) is 9.06. The molecule has 44 heavy (non-hydrogen) atoms. The molecule has 4 aromatic carbocycles. The molecule has 1 N–H and O–H groups in total. The highest BCUT2D eigenvalue weighted by molar-refractivity contribution is 7.92. The Morgan fingerprint density at radius 2 is 1.48 bits per heavy atom. The minimum Gasteiger partial charge on any atom is -0.494 e. The van der Waals surface area contributed by atoms with Crippen molar-refractivity contribution >= 4 is 27.5 Å². The number of aryl methyl sites for hydroxylation is 2. The van der Waals surface area contributed by atoms with E-state index in [1.807, 2.05) is 75.4 Å². The Morgan fingerprint density at radius 3 is 2.09 bits per heavy atom. The Balaban J connectivity index is 1.77. The van der Waals surface area contributed by atoms with E-state index in [0.717, 1.165) is 26.6 Å². The minimum absolute atomic E-state index is 0.0201. The first-order chi connectivity index (χ1) is 21.1. The van der Waals surface area contributed by atoms with Crippen molar-refractivity contribution in [3.8, 4) is 5.75 Å². The van der Waals surface area contributed by atoms with Crippen molar-refractivity contribution in [1.82, 2.24) is 10.2 Å². The van der Waals surface area contributed by atoms with Crippen LogP contribution in [-0.4, -0.2) is 51.4 Å². The summed E-state index contributed by atoms with van der Waals surface area (Å²) in [6, 6.07) is 29.4. The standard InChI is InChI=1S/C35H39N3O5S/c1-5-43-31-18-20-32(21-19-31)44(41,42)38(30-16-14-26(2)15-17-30)25-34(39)37(24-29-13-9-10-27(3)22-29)33(35(40)36-4)23-28-11-7-6-8-12-28/h6-22,33H,5,23-25H2,1-4H3,(H,36,40)/t33-/m1/s1. The number of ether oxygens (including phenoxy) is 1. The highest BCUT2D eigenvalue weighted by atomic mass is 32.2. The van der Waals surface area contributed by atoms with Crippen molar-refractivity contribution in [3.63, 3.8) is 0 Å². The van der Waals surface area contributed by atoms with E-state index in [1.165, 1.54) is 24.1 Å². The number of nitrogens with one attached hydrogen (secondary N) is 1. The molecule has 0 unspecified atom stereocenters. The first-order valence-electron chi connectivity index (χ1n) is 14.5. The Labute approximate surface area is 260 Å². The zero-order valence-corrected chi connectivity index (χ0v) is 26.4. The van der Waals surface area contributed by atoms with Crippen molar-refractivity contribution in [2.75, 3.05) is 24.5 Å². The summed E-state index contributed by atoms with van der Waals surface area (Å²) in [6.07, 6.45) is 0.258. The summed E-state index contributed by atoms with van der Waals surface area (Å²) in [6.45, 7) is 5.77. The van der Waals surface area contributed by atoms with Gasteiger partial charge < -0.3 is 15.0 Å². The molecule has 0 heterocycles. The van der Waals surface area contributed by atoms with Crippen molar-refractivity contribution in [2.45, 2.75) is 44.7 Å². The SMILES string of the molecule is CCOc1ccc(S(=O)(=O)N(CC(=O)N(Cc2cccc(C)c2)[C@H](Cc2ccccc2)C(=O)NC)c2ccc(C)cc2)cc1. The maximum absolute atomic E-state index is 14.4. The molecule has 4 aromatic rings. The van der Waals surface area contributed by atoms with Crippen LogP contribution in [0.3, 0.4) is 0 Å². The van der Waals surface area contributed by atoms with E-state index in [2.05, 4.69) is 5.32 Å². The van der Waals surface area contributed by atoms with Gasteiger partial charge in [0.2, 0.25) is 11.8 Å². The Kier molecular flexibility index (Phi) is 10.8. The molecule has 4 rings (SSSR count). The van der Waals surface area contributed by atoms with Crippen LogP contribution < -0.4 is 14.4 Å². The van der Waals surface area contributed by atoms with Crippen LogP contribution in [0.2, 0.25) is 0 Å². The lowest BCUT2D eigenvalue weighted by atomic mass is 10.0. The lowest BCUT2D eigenvalue weighted by Crippen LogP contribution is -2.53. The third-order valence-electron chi connectivity index (χ3n) is 7.28. The summed E-state index contributed by atoms with van der Waals surface area (Å²) in [5, 5.41) is 2.70. The molecule has 0 radical (unpaired) electrons. The summed E-state index contributed by atoms with van der Waals surface area (Å²) >= 11 is 0. The number of carbonyl (C=O) groups excluding carboxylic acids is 2. The number of hydrogen-bond acceptors (Lipinski definition) is 5. The van der Waals surface area contributed by atoms with Gasteiger partial charge in [0.25, 0.3) is 10.0 Å². The van der Waals surface area contributed by atoms with Crippen molar-refractivity contribution < 1.29 is 22.7 Å². The van der Waals surface area contributed by atoms with Crippen LogP contribution in [0, 0.1) is 13.8 Å². The number of nitrogens with zero attached hydrogens (tertiary/aromatic N) is 2. The molecular weight excluding hydrogens is 574 g/mol. The van der Waals surface area contributed by atoms with Gasteiger partial charge in [-0.15, -0.1) is 0 Å². The van der Waals surface area contributed by atoms with Crippen LogP contribution in [-0.2, 0) is 32.6 Å². The molecule has 2 amide bonds. The Hall–Kier alpha value is -4.63. The molecule has 0 spiro atoms. The fourth-order valence-corrected chi connectivity index (χ4v) is 6.38. The number of sulfonamides is 1. The largest absolute Gasteiger partial charge is 0.494 e. The molecule has 1 atom stereocenters. The van der Waals surface area contributed by atoms with Crippen LogP contribution in [0.25, 0.3) is 0 Å². The second kappa shape index (κ2) is 14.7. The minimum atomic E-state index is -4.19. The van der Waals surface area contributed by atoms with Crippen LogP contribution in [0.1, 0.15) is 29.2 Å². The second-order valence-electron chi connectivity index (χ2n) is 10.6. The smallest absolute Gasteiger partial charge is 0.264 e. The normalized spacial score (nSPS) is 11.8. The van der Waals surface area contributed by atoms with Gasteiger partial charge in [0.05, 0.1) is 17.2 Å². The highest BCUT2D eigenvalue weighted by Crippen LogP contribution is 2.27. The maximum Gasteiger partial charge on any atom is 0.264 e. The number of anilines is 1. The summed E-state index contributed by atoms with van der Waals surface area (Å²) in [5.74, 6) is -0.305. The molecule has 0 saturated carbocycles. The topological polar surface area (TPSA) is 96.0 Å². The maximum atomic E-state index is 14.4. The molecule has 0 aliphatic carbocycles. The fourth-order valence-electron chi connectivity index (χ4n) is 4.97. The average molecular weight is 614 g/mol. The van der Waals surface area contributed by atoms with Crippen molar-refractivity contribution in [2.24, 2.45) is 0 Å². The van der Waals surface area contributed by atoms with E-state index < -0.39 is 28.5 Å². The van der Waals surface area contributed by atoms with E-state index in [1.54, 1.807) is 36.4 Å². The summed E-state index contributed by atoms with van der Waals surface area (Å²) in [4.78, 5) is 29.2. The molecule has 9 heteroatoms. The van der Waals surface area contributed by atoms with Crippen LogP contribution >= 0.6 is 0 Å². The highest BCUT2D eigenvalue weighted by Gasteiger charge is 2.34. The van der Waals surface area contributed by atoms with E-state index >= 15 is 0 Å².